The van der Waals surface area contributed by atoms with E-state index in [0.29, 0.717) is 10.9 Å². The molecule has 0 fully saturated rings. The Labute approximate surface area is 117 Å². The summed E-state index contributed by atoms with van der Waals surface area (Å²) in [5.74, 6) is -0.432. The number of H-pyrrole nitrogens is 1. The van der Waals surface area contributed by atoms with Crippen molar-refractivity contribution in [1.82, 2.24) is 4.98 Å². The number of rotatable bonds is 5. The smallest absolute Gasteiger partial charge is 0.337 e. The van der Waals surface area contributed by atoms with Crippen molar-refractivity contribution in [3.63, 3.8) is 0 Å². The number of hydrogen-bond acceptors (Lipinski definition) is 3. The highest BCUT2D eigenvalue weighted by Gasteiger charge is 2.08. The predicted octanol–water partition coefficient (Wildman–Crippen LogP) is 3.05. The molecule has 0 aliphatic rings. The van der Waals surface area contributed by atoms with E-state index in [4.69, 9.17) is 0 Å². The molecule has 1 heterocycles. The Morgan fingerprint density at radius 1 is 1.25 bits per heavy atom. The summed E-state index contributed by atoms with van der Waals surface area (Å²) in [6, 6.07) is 6.63. The number of hydrogen-bond donors (Lipinski definition) is 1. The molecule has 0 saturated heterocycles. The van der Waals surface area contributed by atoms with Crippen LogP contribution in [0.2, 0.25) is 0 Å². The van der Waals surface area contributed by atoms with Gasteiger partial charge >= 0.3 is 5.97 Å². The summed E-state index contributed by atoms with van der Waals surface area (Å²) in [4.78, 5) is 26.9. The van der Waals surface area contributed by atoms with Crippen LogP contribution in [0.4, 0.5) is 0 Å². The quantitative estimate of drug-likeness (QED) is 0.673. The fourth-order valence-corrected chi connectivity index (χ4v) is 2.25. The van der Waals surface area contributed by atoms with Crippen LogP contribution in [0.3, 0.4) is 0 Å². The van der Waals surface area contributed by atoms with E-state index in [9.17, 15) is 9.59 Å². The van der Waals surface area contributed by atoms with Crippen molar-refractivity contribution in [2.75, 3.05) is 7.11 Å². The molecule has 1 aromatic carbocycles. The molecule has 2 rings (SSSR count). The number of aryl methyl sites for hydroxylation is 1. The summed E-state index contributed by atoms with van der Waals surface area (Å²) in [5, 5.41) is 0.521. The molecule has 0 bridgehead atoms. The van der Waals surface area contributed by atoms with E-state index >= 15 is 0 Å². The number of carbonyl (C=O) groups excluding carboxylic acids is 1. The lowest BCUT2D eigenvalue weighted by Crippen LogP contribution is -2.08. The Kier molecular flexibility index (Phi) is 4.56. The van der Waals surface area contributed by atoms with Crippen molar-refractivity contribution in [3.05, 3.63) is 45.7 Å². The average molecular weight is 273 g/mol. The number of nitrogens with one attached hydrogen (secondary N) is 1. The first-order chi connectivity index (χ1) is 9.65. The fraction of sp³-hybridized carbons (Fsp3) is 0.375. The molecule has 0 radical (unpaired) electrons. The average Bonchev–Trinajstić information content (AvgIpc) is 2.46. The summed E-state index contributed by atoms with van der Waals surface area (Å²) in [6.07, 6.45) is 4.25. The third kappa shape index (κ3) is 3.07. The van der Waals surface area contributed by atoms with Crippen LogP contribution in [-0.2, 0) is 11.2 Å². The maximum absolute atomic E-state index is 12.1. The molecule has 0 spiro atoms. The van der Waals surface area contributed by atoms with E-state index in [2.05, 4.69) is 16.6 Å². The van der Waals surface area contributed by atoms with Gasteiger partial charge in [0.2, 0.25) is 0 Å². The molecule has 0 aliphatic heterocycles. The van der Waals surface area contributed by atoms with Gasteiger partial charge in [0.25, 0.3) is 0 Å². The molecule has 1 aromatic heterocycles. The zero-order valence-electron chi connectivity index (χ0n) is 11.9. The number of methoxy groups -OCH3 is 1. The first kappa shape index (κ1) is 14.3. The van der Waals surface area contributed by atoms with Gasteiger partial charge in [0.15, 0.2) is 5.43 Å². The fourth-order valence-electron chi connectivity index (χ4n) is 2.25. The molecular formula is C16H19NO3. The number of pyridine rings is 1. The lowest BCUT2D eigenvalue weighted by molar-refractivity contribution is 0.0601. The number of aromatic nitrogens is 1. The van der Waals surface area contributed by atoms with Crippen molar-refractivity contribution in [3.8, 4) is 0 Å². The molecular weight excluding hydrogens is 254 g/mol. The minimum atomic E-state index is -0.432. The minimum Gasteiger partial charge on any atom is -0.465 e. The summed E-state index contributed by atoms with van der Waals surface area (Å²) >= 11 is 0. The molecule has 106 valence electrons. The van der Waals surface area contributed by atoms with Crippen LogP contribution in [0, 0.1) is 0 Å². The van der Waals surface area contributed by atoms with Crippen LogP contribution in [0.25, 0.3) is 10.9 Å². The van der Waals surface area contributed by atoms with Crippen molar-refractivity contribution < 1.29 is 9.53 Å². The molecule has 0 unspecified atom stereocenters. The first-order valence-corrected chi connectivity index (χ1v) is 6.90. The van der Waals surface area contributed by atoms with Gasteiger partial charge in [0.05, 0.1) is 12.7 Å². The van der Waals surface area contributed by atoms with Gasteiger partial charge in [0.1, 0.15) is 0 Å². The minimum absolute atomic E-state index is 0.0593. The monoisotopic (exact) mass is 273 g/mol. The number of benzene rings is 1. The Bertz CT molecular complexity index is 673. The number of esters is 1. The summed E-state index contributed by atoms with van der Waals surface area (Å²) in [6.45, 7) is 2.15. The summed E-state index contributed by atoms with van der Waals surface area (Å²) in [5.41, 5.74) is 2.04. The van der Waals surface area contributed by atoms with Gasteiger partial charge in [-0.25, -0.2) is 4.79 Å². The third-order valence-corrected chi connectivity index (χ3v) is 3.36. The number of unbranched alkanes of at least 4 members (excludes halogenated alkanes) is 2. The number of ether oxygens (including phenoxy) is 1. The van der Waals surface area contributed by atoms with Gasteiger partial charge < -0.3 is 9.72 Å². The van der Waals surface area contributed by atoms with E-state index in [1.54, 1.807) is 24.3 Å². The highest BCUT2D eigenvalue weighted by molar-refractivity contribution is 5.94. The van der Waals surface area contributed by atoms with Gasteiger partial charge in [-0.05, 0) is 31.0 Å². The molecule has 4 heteroatoms. The topological polar surface area (TPSA) is 59.2 Å². The van der Waals surface area contributed by atoms with Gasteiger partial charge in [-0.2, -0.15) is 0 Å². The van der Waals surface area contributed by atoms with Crippen LogP contribution >= 0.6 is 0 Å². The second-order valence-corrected chi connectivity index (χ2v) is 4.87. The Morgan fingerprint density at radius 3 is 2.75 bits per heavy atom. The zero-order valence-corrected chi connectivity index (χ0v) is 11.9. The molecule has 0 saturated carbocycles. The second-order valence-electron chi connectivity index (χ2n) is 4.87. The largest absolute Gasteiger partial charge is 0.465 e. The SMILES string of the molecule is CCCCCc1cc(=O)c2cc(C(=O)OC)ccc2[nH]1. The van der Waals surface area contributed by atoms with Gasteiger partial charge in [-0.3, -0.25) is 4.79 Å². The Morgan fingerprint density at radius 2 is 2.05 bits per heavy atom. The predicted molar refractivity (Wildman–Crippen MR) is 79.1 cm³/mol. The highest BCUT2D eigenvalue weighted by Crippen LogP contribution is 2.13. The van der Waals surface area contributed by atoms with E-state index in [1.807, 2.05) is 0 Å². The highest BCUT2D eigenvalue weighted by atomic mass is 16.5. The van der Waals surface area contributed by atoms with E-state index < -0.39 is 5.97 Å². The van der Waals surface area contributed by atoms with E-state index in [1.165, 1.54) is 7.11 Å². The maximum Gasteiger partial charge on any atom is 0.337 e. The number of aromatic amines is 1. The zero-order chi connectivity index (χ0) is 14.5. The normalized spacial score (nSPS) is 10.7. The molecule has 0 atom stereocenters. The van der Waals surface area contributed by atoms with Gasteiger partial charge in [-0.15, -0.1) is 0 Å². The molecule has 0 aliphatic carbocycles. The van der Waals surface area contributed by atoms with Crippen molar-refractivity contribution in [2.24, 2.45) is 0 Å². The molecule has 2 aromatic rings. The van der Waals surface area contributed by atoms with Crippen molar-refractivity contribution >= 4 is 16.9 Å². The van der Waals surface area contributed by atoms with Crippen molar-refractivity contribution in [1.29, 1.82) is 0 Å². The third-order valence-electron chi connectivity index (χ3n) is 3.36. The molecule has 0 amide bonds. The molecule has 4 nitrogen and oxygen atoms in total. The first-order valence-electron chi connectivity index (χ1n) is 6.90. The Hall–Kier alpha value is -2.10. The maximum atomic E-state index is 12.1. The van der Waals surface area contributed by atoms with Crippen LogP contribution < -0.4 is 5.43 Å². The summed E-state index contributed by atoms with van der Waals surface area (Å²) in [7, 11) is 1.33. The molecule has 20 heavy (non-hydrogen) atoms. The van der Waals surface area contributed by atoms with Crippen LogP contribution in [0.5, 0.6) is 0 Å². The van der Waals surface area contributed by atoms with Crippen LogP contribution in [0.1, 0.15) is 42.2 Å². The van der Waals surface area contributed by atoms with E-state index in [-0.39, 0.29) is 5.43 Å². The summed E-state index contributed by atoms with van der Waals surface area (Å²) < 4.78 is 4.66. The van der Waals surface area contributed by atoms with E-state index in [0.717, 1.165) is 36.9 Å². The Balaban J connectivity index is 2.37. The van der Waals surface area contributed by atoms with Crippen molar-refractivity contribution in [2.45, 2.75) is 32.6 Å². The molecule has 1 N–H and O–H groups in total. The van der Waals surface area contributed by atoms with Crippen LogP contribution in [0.15, 0.2) is 29.1 Å². The van der Waals surface area contributed by atoms with Gasteiger partial charge in [-0.1, -0.05) is 19.8 Å². The number of carbonyl (C=O) groups is 1. The number of fused-ring (bicyclic) bond motifs is 1. The lowest BCUT2D eigenvalue weighted by atomic mass is 10.1. The lowest BCUT2D eigenvalue weighted by Gasteiger charge is -2.05. The second kappa shape index (κ2) is 6.37. The van der Waals surface area contributed by atoms with Crippen LogP contribution in [-0.4, -0.2) is 18.1 Å². The van der Waals surface area contributed by atoms with Gasteiger partial charge in [0, 0.05) is 22.7 Å². The standard InChI is InChI=1S/C16H19NO3/c1-3-4-5-6-12-10-15(18)13-9-11(16(19)20-2)7-8-14(13)17-12/h7-10H,3-6H2,1-2H3,(H,17,18).